The van der Waals surface area contributed by atoms with E-state index in [-0.39, 0.29) is 0 Å². The van der Waals surface area contributed by atoms with Crippen LogP contribution in [0.25, 0.3) is 0 Å². The zero-order valence-electron chi connectivity index (χ0n) is 17.8. The van der Waals surface area contributed by atoms with Crippen molar-refractivity contribution in [3.8, 4) is 0 Å². The van der Waals surface area contributed by atoms with Crippen LogP contribution in [0.1, 0.15) is 56.6 Å². The molecular formula is C23H37N3O2. The summed E-state index contributed by atoms with van der Waals surface area (Å²) in [5.74, 6) is 1.46. The molecule has 2 atom stereocenters. The van der Waals surface area contributed by atoms with E-state index in [4.69, 9.17) is 14.5 Å². The SMILES string of the molecule is CCNC(=NCC(C)c1cccc(C)c1)N1CCC(OCC2CCCO2)CC1. The summed E-state index contributed by atoms with van der Waals surface area (Å²) >= 11 is 0. The van der Waals surface area contributed by atoms with Crippen molar-refractivity contribution >= 4 is 5.96 Å². The lowest BCUT2D eigenvalue weighted by molar-refractivity contribution is -0.0367. The summed E-state index contributed by atoms with van der Waals surface area (Å²) < 4.78 is 11.8. The molecule has 2 aliphatic rings. The Kier molecular flexibility index (Phi) is 8.16. The van der Waals surface area contributed by atoms with Crippen molar-refractivity contribution in [2.24, 2.45) is 4.99 Å². The van der Waals surface area contributed by atoms with Crippen LogP contribution < -0.4 is 5.32 Å². The summed E-state index contributed by atoms with van der Waals surface area (Å²) in [6, 6.07) is 8.76. The van der Waals surface area contributed by atoms with Gasteiger partial charge in [0.05, 0.1) is 18.8 Å². The Morgan fingerprint density at radius 1 is 1.32 bits per heavy atom. The van der Waals surface area contributed by atoms with Crippen LogP contribution in [0.2, 0.25) is 0 Å². The van der Waals surface area contributed by atoms with Crippen LogP contribution in [-0.2, 0) is 9.47 Å². The minimum Gasteiger partial charge on any atom is -0.376 e. The van der Waals surface area contributed by atoms with Crippen LogP contribution >= 0.6 is 0 Å². The number of ether oxygens (including phenoxy) is 2. The molecule has 5 nitrogen and oxygen atoms in total. The van der Waals surface area contributed by atoms with Gasteiger partial charge < -0.3 is 19.7 Å². The molecule has 0 radical (unpaired) electrons. The highest BCUT2D eigenvalue weighted by molar-refractivity contribution is 5.80. The minimum absolute atomic E-state index is 0.319. The summed E-state index contributed by atoms with van der Waals surface area (Å²) in [6.45, 7) is 11.9. The van der Waals surface area contributed by atoms with E-state index in [1.54, 1.807) is 0 Å². The van der Waals surface area contributed by atoms with Crippen LogP contribution in [-0.4, -0.2) is 62.5 Å². The number of piperidine rings is 1. The molecule has 1 N–H and O–H groups in total. The first kappa shape index (κ1) is 21.1. The van der Waals surface area contributed by atoms with E-state index < -0.39 is 0 Å². The van der Waals surface area contributed by atoms with Gasteiger partial charge in [0.2, 0.25) is 0 Å². The largest absolute Gasteiger partial charge is 0.376 e. The number of nitrogens with zero attached hydrogens (tertiary/aromatic N) is 2. The van der Waals surface area contributed by atoms with E-state index in [2.05, 4.69) is 55.3 Å². The summed E-state index contributed by atoms with van der Waals surface area (Å²) in [6.07, 6.45) is 5.12. The molecule has 0 aromatic heterocycles. The van der Waals surface area contributed by atoms with Gasteiger partial charge in [0, 0.05) is 38.7 Å². The van der Waals surface area contributed by atoms with Gasteiger partial charge in [0.15, 0.2) is 5.96 Å². The molecule has 0 aliphatic carbocycles. The number of hydrogen-bond donors (Lipinski definition) is 1. The van der Waals surface area contributed by atoms with Crippen molar-refractivity contribution in [2.75, 3.05) is 39.4 Å². The number of hydrogen-bond acceptors (Lipinski definition) is 3. The average molecular weight is 388 g/mol. The predicted molar refractivity (Wildman–Crippen MR) is 115 cm³/mol. The Balaban J connectivity index is 1.48. The maximum Gasteiger partial charge on any atom is 0.193 e. The lowest BCUT2D eigenvalue weighted by Gasteiger charge is -2.34. The second-order valence-electron chi connectivity index (χ2n) is 8.16. The predicted octanol–water partition coefficient (Wildman–Crippen LogP) is 3.72. The molecular weight excluding hydrogens is 350 g/mol. The quantitative estimate of drug-likeness (QED) is 0.572. The summed E-state index contributed by atoms with van der Waals surface area (Å²) in [7, 11) is 0. The standard InChI is InChI=1S/C23H37N3O2/c1-4-24-23(25-16-19(3)20-8-5-7-18(2)15-20)26-12-10-21(11-13-26)28-17-22-9-6-14-27-22/h5,7-8,15,19,21-22H,4,6,9-14,16-17H2,1-3H3,(H,24,25). The number of aryl methyl sites for hydroxylation is 1. The van der Waals surface area contributed by atoms with E-state index in [0.717, 1.165) is 64.6 Å². The fraction of sp³-hybridized carbons (Fsp3) is 0.696. The van der Waals surface area contributed by atoms with Gasteiger partial charge in [-0.25, -0.2) is 0 Å². The maximum absolute atomic E-state index is 6.11. The lowest BCUT2D eigenvalue weighted by atomic mass is 10.00. The van der Waals surface area contributed by atoms with Crippen LogP contribution in [0.3, 0.4) is 0 Å². The van der Waals surface area contributed by atoms with Crippen molar-refractivity contribution in [3.05, 3.63) is 35.4 Å². The average Bonchev–Trinajstić information content (AvgIpc) is 3.23. The topological polar surface area (TPSA) is 46.1 Å². The Bertz CT molecular complexity index is 620. The molecule has 0 spiro atoms. The Morgan fingerprint density at radius 3 is 2.82 bits per heavy atom. The summed E-state index contributed by atoms with van der Waals surface area (Å²) in [5.41, 5.74) is 2.67. The van der Waals surface area contributed by atoms with Gasteiger partial charge in [-0.2, -0.15) is 0 Å². The zero-order valence-corrected chi connectivity index (χ0v) is 17.8. The van der Waals surface area contributed by atoms with Gasteiger partial charge in [0.1, 0.15) is 0 Å². The number of benzene rings is 1. The number of likely N-dealkylation sites (tertiary alicyclic amines) is 1. The van der Waals surface area contributed by atoms with Gasteiger partial charge in [-0.1, -0.05) is 36.8 Å². The van der Waals surface area contributed by atoms with Gasteiger partial charge in [-0.15, -0.1) is 0 Å². The molecule has 3 rings (SSSR count). The van der Waals surface area contributed by atoms with Crippen molar-refractivity contribution in [1.82, 2.24) is 10.2 Å². The van der Waals surface area contributed by atoms with E-state index >= 15 is 0 Å². The third kappa shape index (κ3) is 6.21. The molecule has 2 unspecified atom stereocenters. The van der Waals surface area contributed by atoms with Gasteiger partial charge in [-0.3, -0.25) is 4.99 Å². The van der Waals surface area contributed by atoms with Crippen molar-refractivity contribution in [2.45, 2.75) is 64.6 Å². The van der Waals surface area contributed by atoms with Crippen molar-refractivity contribution in [1.29, 1.82) is 0 Å². The second kappa shape index (κ2) is 10.8. The van der Waals surface area contributed by atoms with Crippen LogP contribution in [0.15, 0.2) is 29.3 Å². The Labute approximate surface area is 170 Å². The third-order valence-electron chi connectivity index (χ3n) is 5.74. The van der Waals surface area contributed by atoms with Gasteiger partial charge in [-0.05, 0) is 45.1 Å². The Hall–Kier alpha value is -1.59. The molecule has 156 valence electrons. The van der Waals surface area contributed by atoms with Gasteiger partial charge >= 0.3 is 0 Å². The third-order valence-corrected chi connectivity index (χ3v) is 5.74. The summed E-state index contributed by atoms with van der Waals surface area (Å²) in [4.78, 5) is 7.34. The lowest BCUT2D eigenvalue weighted by Crippen LogP contribution is -2.47. The number of rotatable bonds is 7. The fourth-order valence-electron chi connectivity index (χ4n) is 3.98. The monoisotopic (exact) mass is 387 g/mol. The first-order valence-electron chi connectivity index (χ1n) is 11.0. The Morgan fingerprint density at radius 2 is 2.14 bits per heavy atom. The minimum atomic E-state index is 0.319. The van der Waals surface area contributed by atoms with Gasteiger partial charge in [0.25, 0.3) is 0 Å². The van der Waals surface area contributed by atoms with Crippen molar-refractivity contribution in [3.63, 3.8) is 0 Å². The first-order chi connectivity index (χ1) is 13.7. The molecule has 0 amide bonds. The molecule has 2 saturated heterocycles. The van der Waals surface area contributed by atoms with Crippen LogP contribution in [0, 0.1) is 6.92 Å². The molecule has 2 aliphatic heterocycles. The summed E-state index contributed by atoms with van der Waals surface area (Å²) in [5, 5.41) is 3.48. The molecule has 5 heteroatoms. The normalized spacial score (nSPS) is 22.5. The molecule has 1 aromatic rings. The highest BCUT2D eigenvalue weighted by Crippen LogP contribution is 2.19. The van der Waals surface area contributed by atoms with Crippen molar-refractivity contribution < 1.29 is 9.47 Å². The molecule has 2 fully saturated rings. The smallest absolute Gasteiger partial charge is 0.193 e. The fourth-order valence-corrected chi connectivity index (χ4v) is 3.98. The molecule has 0 saturated carbocycles. The van der Waals surface area contributed by atoms with E-state index in [1.165, 1.54) is 17.5 Å². The second-order valence-corrected chi connectivity index (χ2v) is 8.16. The highest BCUT2D eigenvalue weighted by atomic mass is 16.5. The highest BCUT2D eigenvalue weighted by Gasteiger charge is 2.24. The van der Waals surface area contributed by atoms with E-state index in [0.29, 0.717) is 18.1 Å². The molecule has 0 bridgehead atoms. The molecule has 2 heterocycles. The van der Waals surface area contributed by atoms with Crippen LogP contribution in [0.4, 0.5) is 0 Å². The zero-order chi connectivity index (χ0) is 19.8. The van der Waals surface area contributed by atoms with E-state index in [1.807, 2.05) is 0 Å². The van der Waals surface area contributed by atoms with E-state index in [9.17, 15) is 0 Å². The number of aliphatic imine (C=N–C) groups is 1. The number of guanidine groups is 1. The first-order valence-corrected chi connectivity index (χ1v) is 11.0. The number of nitrogens with one attached hydrogen (secondary N) is 1. The maximum atomic E-state index is 6.11. The molecule has 1 aromatic carbocycles. The molecule has 28 heavy (non-hydrogen) atoms. The van der Waals surface area contributed by atoms with Crippen LogP contribution in [0.5, 0.6) is 0 Å².